The third-order valence-corrected chi connectivity index (χ3v) is 3.53. The van der Waals surface area contributed by atoms with Gasteiger partial charge in [0.15, 0.2) is 0 Å². The Morgan fingerprint density at radius 3 is 2.40 bits per heavy atom. The largest absolute Gasteiger partial charge is 0.341 e. The summed E-state index contributed by atoms with van der Waals surface area (Å²) in [6.45, 7) is 6.18. The molecular formula is C12H22N2O. The van der Waals surface area contributed by atoms with Gasteiger partial charge in [-0.05, 0) is 38.5 Å². The SMILES string of the molecule is CC1CCN(C(=O)C(C)NC2CC2)CC1. The molecule has 2 fully saturated rings. The average Bonchev–Trinajstić information content (AvgIpc) is 3.02. The predicted octanol–water partition coefficient (Wildman–Crippen LogP) is 1.39. The Kier molecular flexibility index (Phi) is 3.29. The van der Waals surface area contributed by atoms with Crippen LogP contribution in [0.2, 0.25) is 0 Å². The highest BCUT2D eigenvalue weighted by Gasteiger charge is 2.29. The Morgan fingerprint density at radius 1 is 1.27 bits per heavy atom. The molecule has 3 heteroatoms. The van der Waals surface area contributed by atoms with Crippen molar-refractivity contribution in [2.75, 3.05) is 13.1 Å². The van der Waals surface area contributed by atoms with Crippen molar-refractivity contribution in [2.24, 2.45) is 5.92 Å². The van der Waals surface area contributed by atoms with Gasteiger partial charge in [0.25, 0.3) is 0 Å². The molecule has 1 saturated heterocycles. The Morgan fingerprint density at radius 2 is 1.87 bits per heavy atom. The van der Waals surface area contributed by atoms with Crippen molar-refractivity contribution in [3.05, 3.63) is 0 Å². The number of hydrogen-bond donors (Lipinski definition) is 1. The molecule has 0 aromatic rings. The number of rotatable bonds is 3. The van der Waals surface area contributed by atoms with Gasteiger partial charge < -0.3 is 10.2 Å². The standard InChI is InChI=1S/C12H22N2O/c1-9-5-7-14(8-6-9)12(15)10(2)13-11-3-4-11/h9-11,13H,3-8H2,1-2H3. The lowest BCUT2D eigenvalue weighted by molar-refractivity contribution is -0.134. The molecule has 1 saturated carbocycles. The highest BCUT2D eigenvalue weighted by Crippen LogP contribution is 2.21. The minimum absolute atomic E-state index is 0.0194. The Balaban J connectivity index is 1.78. The second kappa shape index (κ2) is 4.52. The van der Waals surface area contributed by atoms with Crippen molar-refractivity contribution in [2.45, 2.75) is 51.6 Å². The maximum absolute atomic E-state index is 12.0. The van der Waals surface area contributed by atoms with Crippen molar-refractivity contribution in [1.29, 1.82) is 0 Å². The third-order valence-electron chi connectivity index (χ3n) is 3.53. The van der Waals surface area contributed by atoms with Crippen LogP contribution in [0.25, 0.3) is 0 Å². The van der Waals surface area contributed by atoms with E-state index in [9.17, 15) is 4.79 Å². The van der Waals surface area contributed by atoms with Crippen LogP contribution >= 0.6 is 0 Å². The van der Waals surface area contributed by atoms with Gasteiger partial charge in [0, 0.05) is 19.1 Å². The lowest BCUT2D eigenvalue weighted by Gasteiger charge is -2.32. The highest BCUT2D eigenvalue weighted by atomic mass is 16.2. The van der Waals surface area contributed by atoms with Gasteiger partial charge in [0.1, 0.15) is 0 Å². The number of likely N-dealkylation sites (tertiary alicyclic amines) is 1. The Labute approximate surface area is 92.2 Å². The number of nitrogens with zero attached hydrogens (tertiary/aromatic N) is 1. The van der Waals surface area contributed by atoms with Crippen LogP contribution in [0.4, 0.5) is 0 Å². The second-order valence-electron chi connectivity index (χ2n) is 5.17. The van der Waals surface area contributed by atoms with Gasteiger partial charge in [-0.15, -0.1) is 0 Å². The molecule has 86 valence electrons. The van der Waals surface area contributed by atoms with Crippen molar-refractivity contribution in [1.82, 2.24) is 10.2 Å². The van der Waals surface area contributed by atoms with Crippen molar-refractivity contribution in [3.63, 3.8) is 0 Å². The summed E-state index contributed by atoms with van der Waals surface area (Å²) in [5.74, 6) is 1.09. The monoisotopic (exact) mass is 210 g/mol. The first-order valence-electron chi connectivity index (χ1n) is 6.21. The van der Waals surface area contributed by atoms with E-state index in [1.54, 1.807) is 0 Å². The van der Waals surface area contributed by atoms with Gasteiger partial charge in [-0.2, -0.15) is 0 Å². The quantitative estimate of drug-likeness (QED) is 0.763. The maximum Gasteiger partial charge on any atom is 0.239 e. The van der Waals surface area contributed by atoms with E-state index in [2.05, 4.69) is 12.2 Å². The lowest BCUT2D eigenvalue weighted by atomic mass is 9.99. The predicted molar refractivity (Wildman–Crippen MR) is 60.6 cm³/mol. The molecule has 1 atom stereocenters. The van der Waals surface area contributed by atoms with Crippen molar-refractivity contribution in [3.8, 4) is 0 Å². The van der Waals surface area contributed by atoms with Crippen molar-refractivity contribution < 1.29 is 4.79 Å². The van der Waals surface area contributed by atoms with Crippen LogP contribution in [-0.4, -0.2) is 36.0 Å². The normalized spacial score (nSPS) is 25.3. The minimum Gasteiger partial charge on any atom is -0.341 e. The molecule has 0 bridgehead atoms. The van der Waals surface area contributed by atoms with Crippen LogP contribution in [0.3, 0.4) is 0 Å². The van der Waals surface area contributed by atoms with E-state index in [0.717, 1.165) is 19.0 Å². The molecule has 3 nitrogen and oxygen atoms in total. The molecule has 0 aromatic heterocycles. The first-order valence-corrected chi connectivity index (χ1v) is 6.21. The average molecular weight is 210 g/mol. The van der Waals surface area contributed by atoms with Gasteiger partial charge >= 0.3 is 0 Å². The molecule has 1 unspecified atom stereocenters. The van der Waals surface area contributed by atoms with Crippen LogP contribution < -0.4 is 5.32 Å². The zero-order chi connectivity index (χ0) is 10.8. The van der Waals surface area contributed by atoms with Gasteiger partial charge in [0.05, 0.1) is 6.04 Å². The molecule has 1 aliphatic heterocycles. The topological polar surface area (TPSA) is 32.3 Å². The Hall–Kier alpha value is -0.570. The summed E-state index contributed by atoms with van der Waals surface area (Å²) in [6, 6.07) is 0.638. The Bertz CT molecular complexity index is 230. The summed E-state index contributed by atoms with van der Waals surface area (Å²) in [7, 11) is 0. The third kappa shape index (κ3) is 2.94. The van der Waals surface area contributed by atoms with E-state index in [0.29, 0.717) is 11.9 Å². The zero-order valence-corrected chi connectivity index (χ0v) is 9.83. The van der Waals surface area contributed by atoms with E-state index >= 15 is 0 Å². The molecular weight excluding hydrogens is 188 g/mol. The molecule has 1 N–H and O–H groups in total. The molecule has 0 spiro atoms. The van der Waals surface area contributed by atoms with Crippen LogP contribution in [0.1, 0.15) is 39.5 Å². The molecule has 0 radical (unpaired) electrons. The molecule has 1 amide bonds. The van der Waals surface area contributed by atoms with E-state index in [1.165, 1.54) is 25.7 Å². The number of carbonyl (C=O) groups is 1. The molecule has 15 heavy (non-hydrogen) atoms. The van der Waals surface area contributed by atoms with Crippen molar-refractivity contribution >= 4 is 5.91 Å². The van der Waals surface area contributed by atoms with Gasteiger partial charge in [-0.3, -0.25) is 4.79 Å². The summed E-state index contributed by atoms with van der Waals surface area (Å²) in [5, 5.41) is 3.37. The van der Waals surface area contributed by atoms with E-state index in [1.807, 2.05) is 11.8 Å². The lowest BCUT2D eigenvalue weighted by Crippen LogP contribution is -2.48. The number of amides is 1. The van der Waals surface area contributed by atoms with E-state index in [-0.39, 0.29) is 6.04 Å². The van der Waals surface area contributed by atoms with Crippen LogP contribution in [0, 0.1) is 5.92 Å². The number of carbonyl (C=O) groups excluding carboxylic acids is 1. The van der Waals surface area contributed by atoms with Crippen LogP contribution in [0.5, 0.6) is 0 Å². The first-order chi connectivity index (χ1) is 7.16. The van der Waals surface area contributed by atoms with E-state index in [4.69, 9.17) is 0 Å². The number of piperidine rings is 1. The summed E-state index contributed by atoms with van der Waals surface area (Å²) in [6.07, 6.45) is 4.83. The second-order valence-corrected chi connectivity index (χ2v) is 5.17. The fourth-order valence-corrected chi connectivity index (χ4v) is 2.18. The summed E-state index contributed by atoms with van der Waals surface area (Å²) in [4.78, 5) is 14.1. The van der Waals surface area contributed by atoms with Crippen LogP contribution in [-0.2, 0) is 4.79 Å². The van der Waals surface area contributed by atoms with Crippen LogP contribution in [0.15, 0.2) is 0 Å². The summed E-state index contributed by atoms with van der Waals surface area (Å²) >= 11 is 0. The molecule has 1 aliphatic carbocycles. The zero-order valence-electron chi connectivity index (χ0n) is 9.83. The molecule has 0 aromatic carbocycles. The maximum atomic E-state index is 12.0. The molecule has 1 heterocycles. The summed E-state index contributed by atoms with van der Waals surface area (Å²) in [5.41, 5.74) is 0. The van der Waals surface area contributed by atoms with E-state index < -0.39 is 0 Å². The smallest absolute Gasteiger partial charge is 0.239 e. The first kappa shape index (κ1) is 10.9. The fourth-order valence-electron chi connectivity index (χ4n) is 2.18. The fraction of sp³-hybridized carbons (Fsp3) is 0.917. The van der Waals surface area contributed by atoms with Gasteiger partial charge in [-0.25, -0.2) is 0 Å². The number of nitrogens with one attached hydrogen (secondary N) is 1. The minimum atomic E-state index is 0.0194. The van der Waals surface area contributed by atoms with Gasteiger partial charge in [-0.1, -0.05) is 6.92 Å². The number of hydrogen-bond acceptors (Lipinski definition) is 2. The molecule has 2 aliphatic rings. The van der Waals surface area contributed by atoms with Gasteiger partial charge in [0.2, 0.25) is 5.91 Å². The molecule has 2 rings (SSSR count). The summed E-state index contributed by atoms with van der Waals surface area (Å²) < 4.78 is 0. The highest BCUT2D eigenvalue weighted by molar-refractivity contribution is 5.81.